The van der Waals surface area contributed by atoms with Gasteiger partial charge in [0, 0.05) is 6.61 Å². The van der Waals surface area contributed by atoms with Crippen LogP contribution in [-0.2, 0) is 31.8 Å². The summed E-state index contributed by atoms with van der Waals surface area (Å²) in [6.07, 6.45) is -15.6. The van der Waals surface area contributed by atoms with E-state index in [0.717, 1.165) is 0 Å². The van der Waals surface area contributed by atoms with Crippen LogP contribution in [-0.4, -0.2) is 167 Å². The fraction of sp³-hybridized carbons (Fsp3) is 0.647. The maximum atomic E-state index is 10.8. The van der Waals surface area contributed by atoms with Crippen LogP contribution in [0.5, 0.6) is 34.5 Å². The first-order valence-electron chi connectivity index (χ1n) is 16.5. The van der Waals surface area contributed by atoms with E-state index >= 15 is 0 Å². The summed E-state index contributed by atoms with van der Waals surface area (Å²) in [7, 11) is 5.51. The Bertz CT molecular complexity index is 1370. The van der Waals surface area contributed by atoms with Crippen molar-refractivity contribution in [3.05, 3.63) is 35.4 Å². The molecule has 18 nitrogen and oxygen atoms in total. The normalized spacial score (nSPS) is 30.4. The van der Waals surface area contributed by atoms with Gasteiger partial charge in [0.2, 0.25) is 11.5 Å². The average Bonchev–Trinajstić information content (AvgIpc) is 3.15. The molecule has 294 valence electrons. The molecule has 18 heteroatoms. The molecule has 2 fully saturated rings. The van der Waals surface area contributed by atoms with E-state index in [2.05, 4.69) is 0 Å². The number of phenolic OH excluding ortho intramolecular Hbond substituents is 2. The van der Waals surface area contributed by atoms with Gasteiger partial charge >= 0.3 is 0 Å². The molecule has 4 rings (SSSR count). The van der Waals surface area contributed by atoms with Crippen LogP contribution in [0.15, 0.2) is 24.3 Å². The van der Waals surface area contributed by atoms with Crippen molar-refractivity contribution in [2.75, 3.05) is 54.9 Å². The van der Waals surface area contributed by atoms with Gasteiger partial charge in [-0.3, -0.25) is 0 Å². The molecule has 0 radical (unpaired) electrons. The highest BCUT2D eigenvalue weighted by atomic mass is 16.7. The van der Waals surface area contributed by atoms with E-state index in [4.69, 9.17) is 37.9 Å². The number of hydrogen-bond acceptors (Lipinski definition) is 18. The topological polar surface area (TPSA) is 276 Å². The fourth-order valence-electron chi connectivity index (χ4n) is 6.28. The van der Waals surface area contributed by atoms with Gasteiger partial charge in [0.15, 0.2) is 35.6 Å². The molecule has 0 bridgehead atoms. The predicted molar refractivity (Wildman–Crippen MR) is 176 cm³/mol. The molecule has 0 spiro atoms. The van der Waals surface area contributed by atoms with Crippen LogP contribution >= 0.6 is 0 Å². The van der Waals surface area contributed by atoms with Crippen LogP contribution in [0.3, 0.4) is 0 Å². The Morgan fingerprint density at radius 2 is 0.962 bits per heavy atom. The molecule has 2 saturated heterocycles. The number of methoxy groups -OCH3 is 4. The molecule has 10 N–H and O–H groups in total. The number of aliphatic hydroxyl groups is 8. The van der Waals surface area contributed by atoms with Gasteiger partial charge in [-0.05, 0) is 60.1 Å². The third-order valence-electron chi connectivity index (χ3n) is 9.39. The van der Waals surface area contributed by atoms with Crippen LogP contribution < -0.4 is 18.9 Å². The molecule has 0 aromatic heterocycles. The first kappa shape index (κ1) is 41.5. The highest BCUT2D eigenvalue weighted by Gasteiger charge is 2.47. The number of ether oxygens (including phenoxy) is 8. The number of benzene rings is 2. The van der Waals surface area contributed by atoms with Crippen molar-refractivity contribution in [1.82, 2.24) is 0 Å². The Morgan fingerprint density at radius 3 is 1.38 bits per heavy atom. The zero-order valence-electron chi connectivity index (χ0n) is 29.2. The minimum atomic E-state index is -1.78. The summed E-state index contributed by atoms with van der Waals surface area (Å²) < 4.78 is 43.9. The molecular weight excluding hydrogens is 696 g/mol. The van der Waals surface area contributed by atoms with Crippen LogP contribution in [0, 0.1) is 11.8 Å². The molecule has 0 amide bonds. The Hall–Kier alpha value is -3.24. The predicted octanol–water partition coefficient (Wildman–Crippen LogP) is -2.22. The lowest BCUT2D eigenvalue weighted by atomic mass is 9.83. The molecule has 0 saturated carbocycles. The number of rotatable bonds is 17. The minimum Gasteiger partial charge on any atom is -0.502 e. The van der Waals surface area contributed by atoms with Crippen molar-refractivity contribution in [3.8, 4) is 34.5 Å². The molecule has 0 aliphatic carbocycles. The van der Waals surface area contributed by atoms with Gasteiger partial charge in [-0.15, -0.1) is 0 Å². The minimum absolute atomic E-state index is 0.132. The van der Waals surface area contributed by atoms with Crippen molar-refractivity contribution in [3.63, 3.8) is 0 Å². The van der Waals surface area contributed by atoms with Gasteiger partial charge in [0.05, 0.1) is 48.3 Å². The van der Waals surface area contributed by atoms with E-state index < -0.39 is 86.5 Å². The summed E-state index contributed by atoms with van der Waals surface area (Å²) in [5, 5.41) is 104. The second-order valence-corrected chi connectivity index (χ2v) is 12.7. The molecule has 2 heterocycles. The molecule has 52 heavy (non-hydrogen) atoms. The van der Waals surface area contributed by atoms with Gasteiger partial charge in [-0.2, -0.15) is 0 Å². The largest absolute Gasteiger partial charge is 0.502 e. The Labute approximate surface area is 299 Å². The number of aliphatic hydroxyl groups excluding tert-OH is 8. The van der Waals surface area contributed by atoms with E-state index in [1.807, 2.05) is 0 Å². The van der Waals surface area contributed by atoms with Crippen LogP contribution in [0.2, 0.25) is 0 Å². The fourth-order valence-corrected chi connectivity index (χ4v) is 6.28. The van der Waals surface area contributed by atoms with E-state index in [1.54, 1.807) is 24.3 Å². The second-order valence-electron chi connectivity index (χ2n) is 12.7. The van der Waals surface area contributed by atoms with Crippen molar-refractivity contribution in [1.29, 1.82) is 0 Å². The highest BCUT2D eigenvalue weighted by Crippen LogP contribution is 2.40. The van der Waals surface area contributed by atoms with Crippen LogP contribution in [0.4, 0.5) is 0 Å². The van der Waals surface area contributed by atoms with Gasteiger partial charge in [0.1, 0.15) is 48.8 Å². The summed E-state index contributed by atoms with van der Waals surface area (Å²) in [5.41, 5.74) is 1.25. The SMILES string of the molecule is COc1cc(C[C@H](CO)[C@@H](CO[C@@H]2O[C@H](CO[C@@H]3O[C@H](CO)[C@@H](O)[C@H](O)[C@H]3O)[C@@H](O)[C@H](O)[C@H]2O)Cc2cc(OC)c(O)c(OC)c2)cc(OC)c1O. The first-order valence-corrected chi connectivity index (χ1v) is 16.5. The number of hydrogen-bond donors (Lipinski definition) is 10. The van der Waals surface area contributed by atoms with Crippen molar-refractivity contribution >= 4 is 0 Å². The third kappa shape index (κ3) is 9.27. The zero-order chi connectivity index (χ0) is 38.3. The lowest BCUT2D eigenvalue weighted by Gasteiger charge is -2.43. The molecule has 2 aliphatic rings. The zero-order valence-corrected chi connectivity index (χ0v) is 29.2. The van der Waals surface area contributed by atoms with E-state index in [-0.39, 0.29) is 60.6 Å². The molecule has 2 aromatic carbocycles. The second kappa shape index (κ2) is 18.7. The molecule has 2 aliphatic heterocycles. The van der Waals surface area contributed by atoms with E-state index in [9.17, 15) is 51.1 Å². The smallest absolute Gasteiger partial charge is 0.200 e. The average molecular weight is 747 g/mol. The van der Waals surface area contributed by atoms with E-state index in [1.165, 1.54) is 28.4 Å². The van der Waals surface area contributed by atoms with Crippen molar-refractivity contribution < 1.29 is 89.0 Å². The van der Waals surface area contributed by atoms with Crippen LogP contribution in [0.1, 0.15) is 11.1 Å². The summed E-state index contributed by atoms with van der Waals surface area (Å²) in [6.45, 7) is -1.81. The van der Waals surface area contributed by atoms with Gasteiger partial charge in [-0.1, -0.05) is 0 Å². The van der Waals surface area contributed by atoms with Crippen molar-refractivity contribution in [2.45, 2.75) is 74.3 Å². The Morgan fingerprint density at radius 1 is 0.558 bits per heavy atom. The summed E-state index contributed by atoms with van der Waals surface area (Å²) >= 11 is 0. The summed E-state index contributed by atoms with van der Waals surface area (Å²) in [6, 6.07) is 6.36. The molecule has 12 atom stereocenters. The maximum absolute atomic E-state index is 10.8. The van der Waals surface area contributed by atoms with Gasteiger partial charge < -0.3 is 89.0 Å². The van der Waals surface area contributed by atoms with E-state index in [0.29, 0.717) is 11.1 Å². The Balaban J connectivity index is 1.57. The van der Waals surface area contributed by atoms with Gasteiger partial charge in [-0.25, -0.2) is 0 Å². The quantitative estimate of drug-likeness (QED) is 0.0821. The molecule has 0 unspecified atom stereocenters. The monoisotopic (exact) mass is 746 g/mol. The first-order chi connectivity index (χ1) is 24.8. The summed E-state index contributed by atoms with van der Waals surface area (Å²) in [4.78, 5) is 0. The van der Waals surface area contributed by atoms with Gasteiger partial charge in [0.25, 0.3) is 0 Å². The lowest BCUT2D eigenvalue weighted by molar-refractivity contribution is -0.332. The standard InChI is InChI=1S/C34H50O18/c1-45-19-7-15(8-20(46-2)25(19)37)5-17(11-35)18(6-16-9-21(47-3)26(38)22(10-16)48-4)13-49-33-32(44)30(42)28(40)24(52-33)14-50-34-31(43)29(41)27(39)23(12-36)51-34/h7-10,17-18,23-24,27-44H,5-6,11-14H2,1-4H3/t17-,18-,23-,24-,27-,28-,29+,30+,31-,32-,33-,34-/m1/s1. The highest BCUT2D eigenvalue weighted by molar-refractivity contribution is 5.53. The third-order valence-corrected chi connectivity index (χ3v) is 9.39. The van der Waals surface area contributed by atoms with Crippen LogP contribution in [0.25, 0.3) is 0 Å². The summed E-state index contributed by atoms with van der Waals surface area (Å²) in [5.74, 6) is -0.991. The maximum Gasteiger partial charge on any atom is 0.200 e. The lowest BCUT2D eigenvalue weighted by Crippen LogP contribution is -2.61. The molecular formula is C34H50O18. The molecule has 2 aromatic rings. The Kier molecular flexibility index (Phi) is 14.9. The number of phenols is 2. The number of aromatic hydroxyl groups is 2. The van der Waals surface area contributed by atoms with Crippen molar-refractivity contribution in [2.24, 2.45) is 11.8 Å².